The normalized spacial score (nSPS) is 13.1. The van der Waals surface area contributed by atoms with Crippen LogP contribution < -0.4 is 0 Å². The third-order valence-electron chi connectivity index (χ3n) is 3.05. The second kappa shape index (κ2) is 8.75. The SMILES string of the molecule is CC(C)(COP(OCC(C)(C)[N+](=O)[O-])OCC(C)(C)[N+](=O)[O-])[N+](=O)[O-]. The van der Waals surface area contributed by atoms with Crippen LogP contribution in [0.1, 0.15) is 41.5 Å². The van der Waals surface area contributed by atoms with Crippen LogP contribution in [0.5, 0.6) is 0 Å². The molecule has 0 aliphatic carbocycles. The van der Waals surface area contributed by atoms with Crippen molar-refractivity contribution >= 4 is 8.60 Å². The van der Waals surface area contributed by atoms with E-state index in [1.807, 2.05) is 0 Å². The molecule has 0 fully saturated rings. The molecule has 0 aliphatic heterocycles. The molecular formula is C12H24N3O9P. The molecule has 0 saturated heterocycles. The van der Waals surface area contributed by atoms with Crippen molar-refractivity contribution in [1.82, 2.24) is 0 Å². The predicted molar refractivity (Wildman–Crippen MR) is 88.0 cm³/mol. The Balaban J connectivity index is 4.96. The first-order chi connectivity index (χ1) is 11.1. The number of nitrogens with zero attached hydrogens (tertiary/aromatic N) is 3. The molecule has 0 aromatic rings. The van der Waals surface area contributed by atoms with E-state index < -0.39 is 40.0 Å². The van der Waals surface area contributed by atoms with Crippen molar-refractivity contribution in [3.05, 3.63) is 30.3 Å². The predicted octanol–water partition coefficient (Wildman–Crippen LogP) is 2.43. The van der Waals surface area contributed by atoms with Crippen LogP contribution >= 0.6 is 8.60 Å². The molecule has 0 bridgehead atoms. The molecule has 0 N–H and O–H groups in total. The molecule has 13 heteroatoms. The highest BCUT2D eigenvalue weighted by atomic mass is 31.2. The summed E-state index contributed by atoms with van der Waals surface area (Å²) >= 11 is 0. The molecular weight excluding hydrogens is 361 g/mol. The Morgan fingerprint density at radius 2 is 0.840 bits per heavy atom. The van der Waals surface area contributed by atoms with Gasteiger partial charge in [0.1, 0.15) is 19.8 Å². The summed E-state index contributed by atoms with van der Waals surface area (Å²) in [6.45, 7) is 6.77. The molecule has 0 radical (unpaired) electrons. The molecule has 25 heavy (non-hydrogen) atoms. The monoisotopic (exact) mass is 385 g/mol. The quantitative estimate of drug-likeness (QED) is 0.279. The van der Waals surface area contributed by atoms with Gasteiger partial charge in [-0.2, -0.15) is 0 Å². The minimum Gasteiger partial charge on any atom is -0.305 e. The summed E-state index contributed by atoms with van der Waals surface area (Å²) in [5, 5.41) is 32.8. The fraction of sp³-hybridized carbons (Fsp3) is 1.00. The lowest BCUT2D eigenvalue weighted by Gasteiger charge is -2.24. The maximum absolute atomic E-state index is 10.9. The summed E-state index contributed by atoms with van der Waals surface area (Å²) in [7, 11) is -2.24. The van der Waals surface area contributed by atoms with Gasteiger partial charge in [-0.15, -0.1) is 0 Å². The molecule has 12 nitrogen and oxygen atoms in total. The Kier molecular flexibility index (Phi) is 8.22. The molecule has 0 heterocycles. The molecule has 0 spiro atoms. The van der Waals surface area contributed by atoms with E-state index in [-0.39, 0.29) is 19.8 Å². The van der Waals surface area contributed by atoms with Crippen LogP contribution in [0, 0.1) is 30.3 Å². The largest absolute Gasteiger partial charge is 0.333 e. The van der Waals surface area contributed by atoms with E-state index in [0.717, 1.165) is 0 Å². The van der Waals surface area contributed by atoms with E-state index in [1.54, 1.807) is 0 Å². The van der Waals surface area contributed by atoms with Crippen LogP contribution in [0.2, 0.25) is 0 Å². The van der Waals surface area contributed by atoms with E-state index >= 15 is 0 Å². The van der Waals surface area contributed by atoms with E-state index in [4.69, 9.17) is 13.6 Å². The van der Waals surface area contributed by atoms with Gasteiger partial charge in [-0.3, -0.25) is 30.3 Å². The Labute approximate surface area is 146 Å². The van der Waals surface area contributed by atoms with Gasteiger partial charge in [0, 0.05) is 56.3 Å². The summed E-state index contributed by atoms with van der Waals surface area (Å²) in [6, 6.07) is 0. The molecule has 0 saturated carbocycles. The first kappa shape index (κ1) is 23.5. The molecule has 0 aliphatic rings. The Morgan fingerprint density at radius 3 is 1.00 bits per heavy atom. The van der Waals surface area contributed by atoms with Crippen LogP contribution in [0.4, 0.5) is 0 Å². The van der Waals surface area contributed by atoms with Crippen LogP contribution in [0.15, 0.2) is 0 Å². The lowest BCUT2D eigenvalue weighted by molar-refractivity contribution is -0.565. The van der Waals surface area contributed by atoms with Gasteiger partial charge in [0.15, 0.2) is 0 Å². The zero-order valence-electron chi connectivity index (χ0n) is 15.1. The van der Waals surface area contributed by atoms with Gasteiger partial charge in [0.05, 0.1) is 0 Å². The van der Waals surface area contributed by atoms with Gasteiger partial charge in [-0.25, -0.2) is 0 Å². The standard InChI is InChI=1S/C12H24N3O9P/c1-10(2,13(16)17)7-22-25(23-8-11(3,4)14(18)19)24-9-12(5,6)15(20)21/h7-9H2,1-6H3. The minimum absolute atomic E-state index is 0.385. The summed E-state index contributed by atoms with van der Waals surface area (Å²) < 4.78 is 15.8. The molecule has 0 unspecified atom stereocenters. The van der Waals surface area contributed by atoms with Gasteiger partial charge in [0.2, 0.25) is 16.6 Å². The van der Waals surface area contributed by atoms with Crippen molar-refractivity contribution in [3.63, 3.8) is 0 Å². The van der Waals surface area contributed by atoms with Crippen LogP contribution in [0.3, 0.4) is 0 Å². The number of hydrogen-bond donors (Lipinski definition) is 0. The third-order valence-corrected chi connectivity index (χ3v) is 4.07. The molecule has 0 aromatic heterocycles. The number of nitro groups is 3. The van der Waals surface area contributed by atoms with E-state index in [9.17, 15) is 30.3 Å². The highest BCUT2D eigenvalue weighted by Crippen LogP contribution is 2.42. The molecule has 0 rings (SSSR count). The lowest BCUT2D eigenvalue weighted by atomic mass is 10.1. The summed E-state index contributed by atoms with van der Waals surface area (Å²) in [5.74, 6) is 0. The van der Waals surface area contributed by atoms with Crippen molar-refractivity contribution in [2.24, 2.45) is 0 Å². The summed E-state index contributed by atoms with van der Waals surface area (Å²) in [6.07, 6.45) is 0. The van der Waals surface area contributed by atoms with Crippen molar-refractivity contribution in [2.75, 3.05) is 19.8 Å². The first-order valence-electron chi connectivity index (χ1n) is 7.24. The van der Waals surface area contributed by atoms with Gasteiger partial charge in [-0.1, -0.05) is 0 Å². The fourth-order valence-electron chi connectivity index (χ4n) is 0.902. The van der Waals surface area contributed by atoms with Crippen LogP contribution in [-0.4, -0.2) is 51.2 Å². The Morgan fingerprint density at radius 1 is 0.640 bits per heavy atom. The average molecular weight is 385 g/mol. The van der Waals surface area contributed by atoms with Gasteiger partial charge in [0.25, 0.3) is 0 Å². The fourth-order valence-corrected chi connectivity index (χ4v) is 2.39. The third kappa shape index (κ3) is 7.95. The zero-order valence-corrected chi connectivity index (χ0v) is 16.0. The molecule has 0 amide bonds. The summed E-state index contributed by atoms with van der Waals surface area (Å²) in [4.78, 5) is 31.1. The van der Waals surface area contributed by atoms with E-state index in [1.165, 1.54) is 41.5 Å². The van der Waals surface area contributed by atoms with Crippen LogP contribution in [-0.2, 0) is 13.6 Å². The second-order valence-corrected chi connectivity index (χ2v) is 8.47. The van der Waals surface area contributed by atoms with Gasteiger partial charge < -0.3 is 13.6 Å². The molecule has 0 aromatic carbocycles. The maximum Gasteiger partial charge on any atom is 0.333 e. The first-order valence-corrected chi connectivity index (χ1v) is 8.34. The van der Waals surface area contributed by atoms with Gasteiger partial charge >= 0.3 is 8.60 Å². The smallest absolute Gasteiger partial charge is 0.305 e. The Hall–Kier alpha value is -1.49. The number of rotatable bonds is 12. The topological polar surface area (TPSA) is 157 Å². The van der Waals surface area contributed by atoms with E-state index in [0.29, 0.717) is 0 Å². The summed E-state index contributed by atoms with van der Waals surface area (Å²) in [5.41, 5.74) is -4.32. The highest BCUT2D eigenvalue weighted by molar-refractivity contribution is 7.41. The lowest BCUT2D eigenvalue weighted by Crippen LogP contribution is -2.38. The van der Waals surface area contributed by atoms with Crippen molar-refractivity contribution in [3.8, 4) is 0 Å². The van der Waals surface area contributed by atoms with E-state index in [2.05, 4.69) is 0 Å². The van der Waals surface area contributed by atoms with Crippen molar-refractivity contribution in [1.29, 1.82) is 0 Å². The molecule has 0 atom stereocenters. The highest BCUT2D eigenvalue weighted by Gasteiger charge is 2.38. The zero-order chi connectivity index (χ0) is 20.1. The van der Waals surface area contributed by atoms with Gasteiger partial charge in [-0.05, 0) is 0 Å². The maximum atomic E-state index is 10.9. The van der Waals surface area contributed by atoms with Crippen molar-refractivity contribution in [2.45, 2.75) is 58.2 Å². The number of hydrogen-bond acceptors (Lipinski definition) is 9. The second-order valence-electron chi connectivity index (χ2n) is 7.25. The van der Waals surface area contributed by atoms with Crippen molar-refractivity contribution < 1.29 is 28.3 Å². The Bertz CT molecular complexity index is 439. The van der Waals surface area contributed by atoms with Crippen LogP contribution in [0.25, 0.3) is 0 Å². The minimum atomic E-state index is -2.24. The molecule has 146 valence electrons. The average Bonchev–Trinajstić information content (AvgIpc) is 2.45.